The van der Waals surface area contributed by atoms with Crippen molar-refractivity contribution in [1.29, 1.82) is 0 Å². The lowest BCUT2D eigenvalue weighted by Crippen LogP contribution is -2.18. The number of carboxylic acid groups (broad SMARTS) is 1. The second kappa shape index (κ2) is 5.44. The van der Waals surface area contributed by atoms with Gasteiger partial charge < -0.3 is 5.11 Å². The molecule has 1 heterocycles. The van der Waals surface area contributed by atoms with E-state index in [4.69, 9.17) is 16.7 Å². The third-order valence-electron chi connectivity index (χ3n) is 3.72. The molecule has 1 N–H and O–H groups in total. The van der Waals surface area contributed by atoms with Crippen LogP contribution in [0.1, 0.15) is 30.9 Å². The molecule has 1 fully saturated rings. The number of benzene rings is 1. The molecule has 1 atom stereocenters. The highest BCUT2D eigenvalue weighted by atomic mass is 35.5. The first-order valence-corrected chi connectivity index (χ1v) is 7.20. The maximum atomic E-state index is 11.1. The Morgan fingerprint density at radius 2 is 2.29 bits per heavy atom. The van der Waals surface area contributed by atoms with E-state index in [0.29, 0.717) is 16.8 Å². The molecule has 0 radical (unpaired) electrons. The smallest absolute Gasteiger partial charge is 0.305 e. The Morgan fingerprint density at radius 3 is 2.90 bits per heavy atom. The Bertz CT molecular complexity index is 681. The third-order valence-corrected chi connectivity index (χ3v) is 4.04. The summed E-state index contributed by atoms with van der Waals surface area (Å²) in [5.41, 5.74) is 1.77. The Balaban J connectivity index is 2.01. The maximum absolute atomic E-state index is 11.1. The van der Waals surface area contributed by atoms with E-state index in [1.807, 2.05) is 25.1 Å². The van der Waals surface area contributed by atoms with Crippen molar-refractivity contribution in [3.05, 3.63) is 28.8 Å². The monoisotopic (exact) mass is 306 g/mol. The number of aliphatic carboxylic acids is 1. The fourth-order valence-corrected chi connectivity index (χ4v) is 2.83. The Labute approximate surface area is 126 Å². The van der Waals surface area contributed by atoms with Crippen LogP contribution < -0.4 is 0 Å². The predicted molar refractivity (Wildman–Crippen MR) is 77.0 cm³/mol. The number of carbonyl (C=O) groups is 1. The molecule has 1 aliphatic rings. The molecule has 3 rings (SSSR count). The van der Waals surface area contributed by atoms with Crippen LogP contribution in [0.3, 0.4) is 0 Å². The molecular formula is C14H15ClN4O2. The zero-order valence-corrected chi connectivity index (χ0v) is 12.3. The van der Waals surface area contributed by atoms with Crippen LogP contribution in [0.25, 0.3) is 11.4 Å². The van der Waals surface area contributed by atoms with Crippen LogP contribution >= 0.6 is 11.6 Å². The summed E-state index contributed by atoms with van der Waals surface area (Å²) in [5.74, 6) is 0.00840. The second-order valence-corrected chi connectivity index (χ2v) is 5.84. The Kier molecular flexibility index (Phi) is 3.63. The minimum atomic E-state index is -0.844. The lowest BCUT2D eigenvalue weighted by atomic mass is 10.1. The van der Waals surface area contributed by atoms with Crippen molar-refractivity contribution in [2.45, 2.75) is 32.2 Å². The largest absolute Gasteiger partial charge is 0.481 e. The lowest BCUT2D eigenvalue weighted by molar-refractivity contribution is -0.138. The van der Waals surface area contributed by atoms with Gasteiger partial charge >= 0.3 is 5.97 Å². The van der Waals surface area contributed by atoms with Crippen molar-refractivity contribution in [2.75, 3.05) is 0 Å². The number of hydrogen-bond donors (Lipinski definition) is 1. The molecule has 7 heteroatoms. The van der Waals surface area contributed by atoms with Crippen LogP contribution in [0.15, 0.2) is 18.2 Å². The first-order valence-electron chi connectivity index (χ1n) is 6.82. The van der Waals surface area contributed by atoms with Gasteiger partial charge in [-0.3, -0.25) is 4.79 Å². The number of aryl methyl sites for hydroxylation is 1. The van der Waals surface area contributed by atoms with Gasteiger partial charge in [0.25, 0.3) is 0 Å². The summed E-state index contributed by atoms with van der Waals surface area (Å²) in [6.07, 6.45) is 2.05. The van der Waals surface area contributed by atoms with E-state index in [9.17, 15) is 4.79 Å². The fraction of sp³-hybridized carbons (Fsp3) is 0.429. The Morgan fingerprint density at radius 1 is 1.52 bits per heavy atom. The van der Waals surface area contributed by atoms with Gasteiger partial charge in [-0.1, -0.05) is 17.7 Å². The first-order chi connectivity index (χ1) is 10.1. The van der Waals surface area contributed by atoms with Crippen molar-refractivity contribution in [1.82, 2.24) is 20.2 Å². The van der Waals surface area contributed by atoms with E-state index >= 15 is 0 Å². The number of rotatable bonds is 5. The van der Waals surface area contributed by atoms with Gasteiger partial charge in [-0.25, -0.2) is 4.68 Å². The topological polar surface area (TPSA) is 80.9 Å². The third kappa shape index (κ3) is 2.90. The highest BCUT2D eigenvalue weighted by Crippen LogP contribution is 2.42. The molecule has 6 nitrogen and oxygen atoms in total. The van der Waals surface area contributed by atoms with Crippen LogP contribution in [-0.2, 0) is 4.79 Å². The van der Waals surface area contributed by atoms with Gasteiger partial charge in [0.05, 0.1) is 17.5 Å². The van der Waals surface area contributed by atoms with E-state index in [2.05, 4.69) is 15.5 Å². The highest BCUT2D eigenvalue weighted by molar-refractivity contribution is 6.33. The van der Waals surface area contributed by atoms with E-state index in [0.717, 1.165) is 24.0 Å². The molecular weight excluding hydrogens is 292 g/mol. The molecule has 110 valence electrons. The van der Waals surface area contributed by atoms with Crippen LogP contribution in [0.2, 0.25) is 5.02 Å². The predicted octanol–water partition coefficient (Wildman–Crippen LogP) is 2.73. The van der Waals surface area contributed by atoms with Crippen LogP contribution in [0.5, 0.6) is 0 Å². The Hall–Kier alpha value is -1.95. The standard InChI is InChI=1S/C14H15ClN4O2/c1-8-2-5-10(11(15)6-8)14-16-17-18-19(14)12(7-13(20)21)9-3-4-9/h2,5-6,9,12H,3-4,7H2,1H3,(H,20,21). The van der Waals surface area contributed by atoms with Crippen molar-refractivity contribution in [3.63, 3.8) is 0 Å². The molecule has 0 spiro atoms. The van der Waals surface area contributed by atoms with Crippen molar-refractivity contribution in [3.8, 4) is 11.4 Å². The van der Waals surface area contributed by atoms with Crippen molar-refractivity contribution < 1.29 is 9.90 Å². The minimum Gasteiger partial charge on any atom is -0.481 e. The second-order valence-electron chi connectivity index (χ2n) is 5.43. The highest BCUT2D eigenvalue weighted by Gasteiger charge is 2.36. The molecule has 1 aliphatic carbocycles. The average molecular weight is 307 g/mol. The summed E-state index contributed by atoms with van der Waals surface area (Å²) >= 11 is 6.27. The van der Waals surface area contributed by atoms with Crippen LogP contribution in [0.4, 0.5) is 0 Å². The summed E-state index contributed by atoms with van der Waals surface area (Å²) in [5, 5.41) is 21.4. The summed E-state index contributed by atoms with van der Waals surface area (Å²) in [6.45, 7) is 1.95. The molecule has 0 bridgehead atoms. The molecule has 1 saturated carbocycles. The normalized spacial score (nSPS) is 15.9. The van der Waals surface area contributed by atoms with Crippen LogP contribution in [0, 0.1) is 12.8 Å². The molecule has 0 amide bonds. The average Bonchev–Trinajstić information content (AvgIpc) is 3.14. The number of carboxylic acids is 1. The molecule has 1 aromatic carbocycles. The zero-order valence-electron chi connectivity index (χ0n) is 11.5. The summed E-state index contributed by atoms with van der Waals surface area (Å²) in [6, 6.07) is 5.43. The number of nitrogens with zero attached hydrogens (tertiary/aromatic N) is 4. The van der Waals surface area contributed by atoms with Gasteiger partial charge in [0, 0.05) is 5.56 Å². The van der Waals surface area contributed by atoms with Gasteiger partial charge in [-0.2, -0.15) is 0 Å². The lowest BCUT2D eigenvalue weighted by Gasteiger charge is -2.16. The molecule has 1 unspecified atom stereocenters. The molecule has 0 saturated heterocycles. The maximum Gasteiger partial charge on any atom is 0.305 e. The number of hydrogen-bond acceptors (Lipinski definition) is 4. The van der Waals surface area contributed by atoms with E-state index < -0.39 is 5.97 Å². The molecule has 2 aromatic rings. The summed E-state index contributed by atoms with van der Waals surface area (Å²) in [4.78, 5) is 11.1. The molecule has 21 heavy (non-hydrogen) atoms. The zero-order chi connectivity index (χ0) is 15.0. The number of aromatic nitrogens is 4. The van der Waals surface area contributed by atoms with Crippen molar-refractivity contribution >= 4 is 17.6 Å². The van der Waals surface area contributed by atoms with Gasteiger partial charge in [0.1, 0.15) is 0 Å². The van der Waals surface area contributed by atoms with E-state index in [1.165, 1.54) is 0 Å². The van der Waals surface area contributed by atoms with Crippen LogP contribution in [-0.4, -0.2) is 31.3 Å². The fourth-order valence-electron chi connectivity index (χ4n) is 2.51. The van der Waals surface area contributed by atoms with Gasteiger partial charge in [0.2, 0.25) is 0 Å². The molecule has 0 aliphatic heterocycles. The first kappa shape index (κ1) is 14.0. The van der Waals surface area contributed by atoms with E-state index in [1.54, 1.807) is 4.68 Å². The van der Waals surface area contributed by atoms with Gasteiger partial charge in [-0.15, -0.1) is 5.10 Å². The molecule has 1 aromatic heterocycles. The van der Waals surface area contributed by atoms with E-state index in [-0.39, 0.29) is 12.5 Å². The quantitative estimate of drug-likeness (QED) is 0.918. The SMILES string of the molecule is Cc1ccc(-c2nnnn2C(CC(=O)O)C2CC2)c(Cl)c1. The summed E-state index contributed by atoms with van der Waals surface area (Å²) in [7, 11) is 0. The van der Waals surface area contributed by atoms with Gasteiger partial charge in [-0.05, 0) is 53.8 Å². The number of halogens is 1. The number of tetrazole rings is 1. The summed E-state index contributed by atoms with van der Waals surface area (Å²) < 4.78 is 1.61. The minimum absolute atomic E-state index is 0.0200. The van der Waals surface area contributed by atoms with Gasteiger partial charge in [0.15, 0.2) is 5.82 Å². The van der Waals surface area contributed by atoms with Crippen molar-refractivity contribution in [2.24, 2.45) is 5.92 Å².